The molecule has 1 aliphatic carbocycles. The lowest BCUT2D eigenvalue weighted by Gasteiger charge is -2.33. The van der Waals surface area contributed by atoms with Gasteiger partial charge in [-0.25, -0.2) is 0 Å². The number of hydrogen-bond acceptors (Lipinski definition) is 3. The Morgan fingerprint density at radius 2 is 1.65 bits per heavy atom. The molecule has 17 heavy (non-hydrogen) atoms. The lowest BCUT2D eigenvalue weighted by atomic mass is 9.89. The van der Waals surface area contributed by atoms with Gasteiger partial charge in [0, 0.05) is 12.1 Å². The standard InChI is InChI=1S/C14H27NO2/c1-13(2)9-12(14(3,4)17-13)15-10-5-7-11(16)8-6-10/h10-12,15-16H,5-9H2,1-4H3. The second-order valence-electron chi connectivity index (χ2n) is 6.89. The third-order valence-electron chi connectivity index (χ3n) is 4.21. The quantitative estimate of drug-likeness (QED) is 0.779. The van der Waals surface area contributed by atoms with Crippen molar-refractivity contribution >= 4 is 0 Å². The van der Waals surface area contributed by atoms with Crippen LogP contribution < -0.4 is 5.32 Å². The van der Waals surface area contributed by atoms with Gasteiger partial charge in [-0.15, -0.1) is 0 Å². The summed E-state index contributed by atoms with van der Waals surface area (Å²) >= 11 is 0. The van der Waals surface area contributed by atoms with E-state index in [0.717, 1.165) is 32.1 Å². The third-order valence-corrected chi connectivity index (χ3v) is 4.21. The average Bonchev–Trinajstić information content (AvgIpc) is 2.38. The molecule has 2 rings (SSSR count). The van der Waals surface area contributed by atoms with Gasteiger partial charge in [-0.05, 0) is 59.8 Å². The molecule has 2 fully saturated rings. The van der Waals surface area contributed by atoms with Gasteiger partial charge in [0.05, 0.1) is 17.3 Å². The molecule has 0 spiro atoms. The van der Waals surface area contributed by atoms with E-state index < -0.39 is 0 Å². The maximum Gasteiger partial charge on any atom is 0.0787 e. The summed E-state index contributed by atoms with van der Waals surface area (Å²) in [6, 6.07) is 0.984. The summed E-state index contributed by atoms with van der Waals surface area (Å²) in [5.41, 5.74) is -0.102. The number of hydrogen-bond donors (Lipinski definition) is 2. The average molecular weight is 241 g/mol. The molecule has 0 aromatic rings. The van der Waals surface area contributed by atoms with E-state index >= 15 is 0 Å². The van der Waals surface area contributed by atoms with Crippen molar-refractivity contribution in [1.82, 2.24) is 5.32 Å². The smallest absolute Gasteiger partial charge is 0.0787 e. The van der Waals surface area contributed by atoms with E-state index in [2.05, 4.69) is 33.0 Å². The molecular weight excluding hydrogens is 214 g/mol. The van der Waals surface area contributed by atoms with Gasteiger partial charge in [0.15, 0.2) is 0 Å². The summed E-state index contributed by atoms with van der Waals surface area (Å²) in [7, 11) is 0. The summed E-state index contributed by atoms with van der Waals surface area (Å²) in [5, 5.41) is 13.3. The first-order valence-electron chi connectivity index (χ1n) is 6.93. The van der Waals surface area contributed by atoms with Crippen molar-refractivity contribution in [1.29, 1.82) is 0 Å². The molecule has 0 radical (unpaired) electrons. The van der Waals surface area contributed by atoms with Crippen molar-refractivity contribution in [3.8, 4) is 0 Å². The summed E-state index contributed by atoms with van der Waals surface area (Å²) in [4.78, 5) is 0. The van der Waals surface area contributed by atoms with Crippen LogP contribution in [0.4, 0.5) is 0 Å². The minimum absolute atomic E-state index is 0.0185. The van der Waals surface area contributed by atoms with Crippen molar-refractivity contribution in [3.05, 3.63) is 0 Å². The minimum Gasteiger partial charge on any atom is -0.393 e. The number of nitrogens with one attached hydrogen (secondary N) is 1. The number of rotatable bonds is 2. The summed E-state index contributed by atoms with van der Waals surface area (Å²) < 4.78 is 6.10. The fourth-order valence-corrected chi connectivity index (χ4v) is 3.35. The van der Waals surface area contributed by atoms with Crippen LogP contribution in [0.2, 0.25) is 0 Å². The zero-order valence-corrected chi connectivity index (χ0v) is 11.6. The molecule has 0 amide bonds. The highest BCUT2D eigenvalue weighted by Gasteiger charge is 2.46. The molecule has 2 aliphatic rings. The van der Waals surface area contributed by atoms with E-state index in [1.807, 2.05) is 0 Å². The Morgan fingerprint density at radius 1 is 1.06 bits per heavy atom. The van der Waals surface area contributed by atoms with Gasteiger partial charge in [0.25, 0.3) is 0 Å². The Balaban J connectivity index is 1.90. The second kappa shape index (κ2) is 4.52. The van der Waals surface area contributed by atoms with Crippen LogP contribution in [0.15, 0.2) is 0 Å². The third kappa shape index (κ3) is 3.21. The molecular formula is C14H27NO2. The molecule has 2 N–H and O–H groups in total. The van der Waals surface area contributed by atoms with Gasteiger partial charge in [-0.2, -0.15) is 0 Å². The van der Waals surface area contributed by atoms with Crippen LogP contribution in [0.1, 0.15) is 59.8 Å². The zero-order chi connectivity index (χ0) is 12.7. The van der Waals surface area contributed by atoms with Crippen LogP contribution in [0.25, 0.3) is 0 Å². The van der Waals surface area contributed by atoms with Gasteiger partial charge in [0.2, 0.25) is 0 Å². The van der Waals surface area contributed by atoms with E-state index in [1.54, 1.807) is 0 Å². The van der Waals surface area contributed by atoms with Crippen LogP contribution in [-0.4, -0.2) is 34.5 Å². The van der Waals surface area contributed by atoms with Crippen molar-refractivity contribution in [2.45, 2.75) is 89.2 Å². The van der Waals surface area contributed by atoms with E-state index in [4.69, 9.17) is 4.74 Å². The maximum absolute atomic E-state index is 9.52. The highest BCUT2D eigenvalue weighted by molar-refractivity contribution is 5.00. The van der Waals surface area contributed by atoms with E-state index in [-0.39, 0.29) is 17.3 Å². The molecule has 1 unspecified atom stereocenters. The van der Waals surface area contributed by atoms with E-state index in [0.29, 0.717) is 12.1 Å². The first-order chi connectivity index (χ1) is 7.78. The Hall–Kier alpha value is -0.120. The van der Waals surface area contributed by atoms with Crippen LogP contribution in [-0.2, 0) is 4.74 Å². The lowest BCUT2D eigenvalue weighted by Crippen LogP contribution is -2.49. The first-order valence-corrected chi connectivity index (χ1v) is 6.93. The molecule has 1 saturated carbocycles. The topological polar surface area (TPSA) is 41.5 Å². The molecule has 1 aliphatic heterocycles. The summed E-state index contributed by atoms with van der Waals surface area (Å²) in [6.45, 7) is 8.69. The summed E-state index contributed by atoms with van der Waals surface area (Å²) in [5.74, 6) is 0. The highest BCUT2D eigenvalue weighted by atomic mass is 16.5. The monoisotopic (exact) mass is 241 g/mol. The predicted molar refractivity (Wildman–Crippen MR) is 69.0 cm³/mol. The van der Waals surface area contributed by atoms with Gasteiger partial charge in [0.1, 0.15) is 0 Å². The van der Waals surface area contributed by atoms with Gasteiger partial charge in [-0.1, -0.05) is 0 Å². The molecule has 1 heterocycles. The molecule has 1 atom stereocenters. The fourth-order valence-electron chi connectivity index (χ4n) is 3.35. The van der Waals surface area contributed by atoms with Gasteiger partial charge >= 0.3 is 0 Å². The summed E-state index contributed by atoms with van der Waals surface area (Å²) in [6.07, 6.45) is 5.06. The number of ether oxygens (including phenoxy) is 1. The lowest BCUT2D eigenvalue weighted by molar-refractivity contribution is -0.0708. The molecule has 3 heteroatoms. The number of aliphatic hydroxyl groups is 1. The Bertz CT molecular complexity index is 267. The predicted octanol–water partition coefficient (Wildman–Crippen LogP) is 2.23. The van der Waals surface area contributed by atoms with Crippen LogP contribution in [0.3, 0.4) is 0 Å². The Kier molecular flexibility index (Phi) is 3.54. The fraction of sp³-hybridized carbons (Fsp3) is 1.00. The second-order valence-corrected chi connectivity index (χ2v) is 6.89. The van der Waals surface area contributed by atoms with Crippen molar-refractivity contribution in [3.63, 3.8) is 0 Å². The molecule has 0 aromatic heterocycles. The van der Waals surface area contributed by atoms with Crippen molar-refractivity contribution < 1.29 is 9.84 Å². The normalized spacial score (nSPS) is 40.4. The maximum atomic E-state index is 9.52. The van der Waals surface area contributed by atoms with Gasteiger partial charge in [-0.3, -0.25) is 0 Å². The molecule has 100 valence electrons. The molecule has 0 bridgehead atoms. The van der Waals surface area contributed by atoms with Gasteiger partial charge < -0.3 is 15.2 Å². The molecule has 1 saturated heterocycles. The largest absolute Gasteiger partial charge is 0.393 e. The molecule has 0 aromatic carbocycles. The SMILES string of the molecule is CC1(C)CC(NC2CCC(O)CC2)C(C)(C)O1. The number of aliphatic hydroxyl groups excluding tert-OH is 1. The van der Waals surface area contributed by atoms with Crippen molar-refractivity contribution in [2.24, 2.45) is 0 Å². The minimum atomic E-state index is -0.0838. The van der Waals surface area contributed by atoms with Crippen LogP contribution in [0.5, 0.6) is 0 Å². The van der Waals surface area contributed by atoms with Crippen LogP contribution >= 0.6 is 0 Å². The first kappa shape index (κ1) is 13.3. The van der Waals surface area contributed by atoms with Crippen molar-refractivity contribution in [2.75, 3.05) is 0 Å². The van der Waals surface area contributed by atoms with Crippen LogP contribution in [0, 0.1) is 0 Å². The van der Waals surface area contributed by atoms with E-state index in [9.17, 15) is 5.11 Å². The highest BCUT2D eigenvalue weighted by Crippen LogP contribution is 2.38. The zero-order valence-electron chi connectivity index (χ0n) is 11.6. The molecule has 3 nitrogen and oxygen atoms in total. The Morgan fingerprint density at radius 3 is 2.12 bits per heavy atom. The van der Waals surface area contributed by atoms with E-state index in [1.165, 1.54) is 0 Å². The Labute approximate surface area is 105 Å².